The number of hydrogen-bond acceptors (Lipinski definition) is 5. The number of piperazine rings is 1. The van der Waals surface area contributed by atoms with Gasteiger partial charge in [-0.3, -0.25) is 4.79 Å². The Bertz CT molecular complexity index is 750. The van der Waals surface area contributed by atoms with E-state index >= 15 is 0 Å². The van der Waals surface area contributed by atoms with Crippen molar-refractivity contribution in [3.63, 3.8) is 0 Å². The third kappa shape index (κ3) is 4.21. The van der Waals surface area contributed by atoms with Gasteiger partial charge < -0.3 is 14.7 Å². The smallest absolute Gasteiger partial charge is 0.209 e. The van der Waals surface area contributed by atoms with Crippen molar-refractivity contribution in [1.82, 2.24) is 14.9 Å². The van der Waals surface area contributed by atoms with Crippen LogP contribution in [0.1, 0.15) is 25.7 Å². The number of carbonyl (C=O) groups excluding carboxylic acids is 1. The van der Waals surface area contributed by atoms with E-state index in [1.54, 1.807) is 0 Å². The summed E-state index contributed by atoms with van der Waals surface area (Å²) in [6.45, 7) is 5.22. The van der Waals surface area contributed by atoms with Crippen LogP contribution in [0.3, 0.4) is 0 Å². The third-order valence-electron chi connectivity index (χ3n) is 5.45. The Morgan fingerprint density at radius 3 is 1.93 bits per heavy atom. The Morgan fingerprint density at radius 1 is 0.741 bits per heavy atom. The van der Waals surface area contributed by atoms with E-state index in [1.165, 1.54) is 25.7 Å². The van der Waals surface area contributed by atoms with Crippen LogP contribution < -0.4 is 9.80 Å². The SMILES string of the molecule is O=CN1CCN(c2cc(N3CCCCCC3)nc(-c3ccccc3)n2)CC1. The van der Waals surface area contributed by atoms with Crippen LogP contribution in [0.25, 0.3) is 11.4 Å². The average molecular weight is 365 g/mol. The van der Waals surface area contributed by atoms with Crippen molar-refractivity contribution in [3.05, 3.63) is 36.4 Å². The second-order valence-electron chi connectivity index (χ2n) is 7.30. The summed E-state index contributed by atoms with van der Waals surface area (Å²) in [7, 11) is 0. The van der Waals surface area contributed by atoms with E-state index in [2.05, 4.69) is 28.0 Å². The van der Waals surface area contributed by atoms with Crippen molar-refractivity contribution >= 4 is 18.0 Å². The van der Waals surface area contributed by atoms with Crippen LogP contribution in [0.15, 0.2) is 36.4 Å². The van der Waals surface area contributed by atoms with Gasteiger partial charge in [0.05, 0.1) is 0 Å². The summed E-state index contributed by atoms with van der Waals surface area (Å²) in [4.78, 5) is 27.3. The molecule has 0 saturated carbocycles. The molecule has 2 aliphatic heterocycles. The fourth-order valence-corrected chi connectivity index (χ4v) is 3.82. The molecule has 2 saturated heterocycles. The fraction of sp³-hybridized carbons (Fsp3) is 0.476. The van der Waals surface area contributed by atoms with Crippen molar-refractivity contribution < 1.29 is 4.79 Å². The molecule has 6 heteroatoms. The maximum absolute atomic E-state index is 11.0. The molecule has 3 heterocycles. The molecule has 0 N–H and O–H groups in total. The zero-order valence-corrected chi connectivity index (χ0v) is 15.8. The Balaban J connectivity index is 1.67. The lowest BCUT2D eigenvalue weighted by molar-refractivity contribution is -0.118. The molecule has 0 aliphatic carbocycles. The third-order valence-corrected chi connectivity index (χ3v) is 5.45. The van der Waals surface area contributed by atoms with Gasteiger partial charge in [-0.1, -0.05) is 43.2 Å². The first-order chi connectivity index (χ1) is 13.3. The number of nitrogens with zero attached hydrogens (tertiary/aromatic N) is 5. The van der Waals surface area contributed by atoms with Gasteiger partial charge in [0.15, 0.2) is 5.82 Å². The normalized spacial score (nSPS) is 18.3. The largest absolute Gasteiger partial charge is 0.356 e. The van der Waals surface area contributed by atoms with Gasteiger partial charge in [0.25, 0.3) is 0 Å². The lowest BCUT2D eigenvalue weighted by Gasteiger charge is -2.34. The zero-order chi connectivity index (χ0) is 18.5. The lowest BCUT2D eigenvalue weighted by Crippen LogP contribution is -2.46. The van der Waals surface area contributed by atoms with E-state index < -0.39 is 0 Å². The fourth-order valence-electron chi connectivity index (χ4n) is 3.82. The van der Waals surface area contributed by atoms with Crippen LogP contribution in [-0.2, 0) is 4.79 Å². The summed E-state index contributed by atoms with van der Waals surface area (Å²) in [5.41, 5.74) is 1.04. The van der Waals surface area contributed by atoms with Gasteiger partial charge >= 0.3 is 0 Å². The summed E-state index contributed by atoms with van der Waals surface area (Å²) < 4.78 is 0. The standard InChI is InChI=1S/C21H27N5O/c27-17-24-12-14-26(15-13-24)20-16-19(25-10-6-1-2-7-11-25)22-21(23-20)18-8-4-3-5-9-18/h3-5,8-9,16-17H,1-2,6-7,10-15H2. The van der Waals surface area contributed by atoms with Gasteiger partial charge in [0.2, 0.25) is 6.41 Å². The number of rotatable bonds is 4. The summed E-state index contributed by atoms with van der Waals surface area (Å²) in [5.74, 6) is 2.78. The van der Waals surface area contributed by atoms with Gasteiger partial charge in [-0.15, -0.1) is 0 Å². The predicted molar refractivity (Wildman–Crippen MR) is 108 cm³/mol. The van der Waals surface area contributed by atoms with Gasteiger partial charge in [0.1, 0.15) is 11.6 Å². The molecule has 27 heavy (non-hydrogen) atoms. The summed E-state index contributed by atoms with van der Waals surface area (Å²) >= 11 is 0. The van der Waals surface area contributed by atoms with E-state index in [0.29, 0.717) is 0 Å². The van der Waals surface area contributed by atoms with Crippen LogP contribution in [0.4, 0.5) is 11.6 Å². The van der Waals surface area contributed by atoms with E-state index in [4.69, 9.17) is 9.97 Å². The number of amides is 1. The number of carbonyl (C=O) groups is 1. The molecule has 4 rings (SSSR count). The summed E-state index contributed by atoms with van der Waals surface area (Å²) in [5, 5.41) is 0. The molecule has 0 spiro atoms. The average Bonchev–Trinajstić information content (AvgIpc) is 3.04. The minimum atomic E-state index is 0.743. The first-order valence-corrected chi connectivity index (χ1v) is 9.97. The molecule has 142 valence electrons. The van der Waals surface area contributed by atoms with Gasteiger partial charge in [-0.2, -0.15) is 0 Å². The number of hydrogen-bond donors (Lipinski definition) is 0. The number of aromatic nitrogens is 2. The first kappa shape index (κ1) is 17.8. The Morgan fingerprint density at radius 2 is 1.33 bits per heavy atom. The number of anilines is 2. The molecule has 2 fully saturated rings. The minimum Gasteiger partial charge on any atom is -0.356 e. The molecular weight excluding hydrogens is 338 g/mol. The van der Waals surface area contributed by atoms with Crippen LogP contribution in [0, 0.1) is 0 Å². The highest BCUT2D eigenvalue weighted by atomic mass is 16.1. The molecule has 1 amide bonds. The highest BCUT2D eigenvalue weighted by Gasteiger charge is 2.20. The Kier molecular flexibility index (Phi) is 5.51. The van der Waals surface area contributed by atoms with Crippen molar-refractivity contribution in [2.75, 3.05) is 49.1 Å². The molecule has 0 unspecified atom stereocenters. The van der Waals surface area contributed by atoms with Crippen molar-refractivity contribution in [1.29, 1.82) is 0 Å². The van der Waals surface area contributed by atoms with Crippen LogP contribution >= 0.6 is 0 Å². The monoisotopic (exact) mass is 365 g/mol. The van der Waals surface area contributed by atoms with E-state index in [1.807, 2.05) is 23.1 Å². The quantitative estimate of drug-likeness (QED) is 0.780. The van der Waals surface area contributed by atoms with Crippen molar-refractivity contribution in [2.24, 2.45) is 0 Å². The lowest BCUT2D eigenvalue weighted by atomic mass is 10.2. The second kappa shape index (κ2) is 8.37. The molecule has 0 bridgehead atoms. The van der Waals surface area contributed by atoms with Crippen LogP contribution in [-0.4, -0.2) is 60.5 Å². The Hall–Kier alpha value is -2.63. The van der Waals surface area contributed by atoms with Crippen molar-refractivity contribution in [2.45, 2.75) is 25.7 Å². The van der Waals surface area contributed by atoms with Gasteiger partial charge in [0, 0.05) is 50.9 Å². The zero-order valence-electron chi connectivity index (χ0n) is 15.8. The summed E-state index contributed by atoms with van der Waals surface area (Å²) in [6, 6.07) is 12.3. The molecular formula is C21H27N5O. The minimum absolute atomic E-state index is 0.743. The topological polar surface area (TPSA) is 52.6 Å². The molecule has 1 aromatic carbocycles. The van der Waals surface area contributed by atoms with E-state index in [0.717, 1.165) is 68.7 Å². The van der Waals surface area contributed by atoms with E-state index in [-0.39, 0.29) is 0 Å². The second-order valence-corrected chi connectivity index (χ2v) is 7.30. The highest BCUT2D eigenvalue weighted by Crippen LogP contribution is 2.26. The molecule has 1 aromatic heterocycles. The molecule has 2 aliphatic rings. The molecule has 2 aromatic rings. The van der Waals surface area contributed by atoms with Crippen LogP contribution in [0.5, 0.6) is 0 Å². The predicted octanol–water partition coefficient (Wildman–Crippen LogP) is 2.80. The van der Waals surface area contributed by atoms with E-state index in [9.17, 15) is 4.79 Å². The maximum Gasteiger partial charge on any atom is 0.209 e. The van der Waals surface area contributed by atoms with Crippen molar-refractivity contribution in [3.8, 4) is 11.4 Å². The number of benzene rings is 1. The highest BCUT2D eigenvalue weighted by molar-refractivity contribution is 5.62. The van der Waals surface area contributed by atoms with Crippen LogP contribution in [0.2, 0.25) is 0 Å². The molecule has 0 atom stereocenters. The molecule has 0 radical (unpaired) electrons. The Labute approximate surface area is 160 Å². The maximum atomic E-state index is 11.0. The first-order valence-electron chi connectivity index (χ1n) is 9.97. The van der Waals surface area contributed by atoms with Gasteiger partial charge in [-0.05, 0) is 12.8 Å². The molecule has 6 nitrogen and oxygen atoms in total. The summed E-state index contributed by atoms with van der Waals surface area (Å²) in [6.07, 6.45) is 5.98. The van der Waals surface area contributed by atoms with Gasteiger partial charge in [-0.25, -0.2) is 9.97 Å².